The van der Waals surface area contributed by atoms with E-state index in [0.717, 1.165) is 31.2 Å². The molecule has 1 aliphatic heterocycles. The Morgan fingerprint density at radius 2 is 2.00 bits per heavy atom. The number of thioether (sulfide) groups is 1. The lowest BCUT2D eigenvalue weighted by Crippen LogP contribution is -2.43. The first-order chi connectivity index (χ1) is 9.35. The molecule has 2 heterocycles. The van der Waals surface area contributed by atoms with Crippen LogP contribution in [0, 0.1) is 0 Å². The molecule has 1 N–H and O–H groups in total. The van der Waals surface area contributed by atoms with Crippen molar-refractivity contribution in [3.05, 3.63) is 23.7 Å². The van der Waals surface area contributed by atoms with E-state index in [1.807, 2.05) is 0 Å². The molecule has 0 bridgehead atoms. The van der Waals surface area contributed by atoms with Crippen LogP contribution in [0.25, 0.3) is 0 Å². The normalized spacial score (nSPS) is 25.1. The topological polar surface area (TPSA) is 28.4 Å². The Morgan fingerprint density at radius 3 is 2.70 bits per heavy atom. The van der Waals surface area contributed by atoms with E-state index in [1.54, 1.807) is 0 Å². The van der Waals surface area contributed by atoms with E-state index in [2.05, 4.69) is 68.7 Å². The van der Waals surface area contributed by atoms with E-state index >= 15 is 0 Å². The predicted octanol–water partition coefficient (Wildman–Crippen LogP) is 3.49. The summed E-state index contributed by atoms with van der Waals surface area (Å²) in [5.74, 6) is 3.34. The van der Waals surface area contributed by atoms with Gasteiger partial charge in [-0.25, -0.2) is 0 Å². The van der Waals surface area contributed by atoms with Crippen LogP contribution in [-0.2, 0) is 13.1 Å². The molecule has 114 valence electrons. The minimum atomic E-state index is 0.126. The summed E-state index contributed by atoms with van der Waals surface area (Å²) in [7, 11) is 0. The first-order valence-corrected chi connectivity index (χ1v) is 8.58. The van der Waals surface area contributed by atoms with Crippen LogP contribution in [0.15, 0.2) is 16.5 Å². The standard InChI is InChI=1S/C16H28N2OS/c1-12-13(2)20-9-8-18(12)11-15-7-6-14(19-15)10-17-16(3,4)5/h6-7,12-13,17H,8-11H2,1-5H3. The Kier molecular flexibility index (Phi) is 5.21. The summed E-state index contributed by atoms with van der Waals surface area (Å²) in [5.41, 5.74) is 0.126. The SMILES string of the molecule is CC1SCCN(Cc2ccc(CNC(C)(C)C)o2)C1C. The molecule has 0 amide bonds. The molecular formula is C16H28N2OS. The molecule has 1 aromatic heterocycles. The van der Waals surface area contributed by atoms with E-state index in [4.69, 9.17) is 4.42 Å². The van der Waals surface area contributed by atoms with Gasteiger partial charge in [0.05, 0.1) is 13.1 Å². The summed E-state index contributed by atoms with van der Waals surface area (Å²) in [6.07, 6.45) is 0. The molecule has 0 aliphatic carbocycles. The fraction of sp³-hybridized carbons (Fsp3) is 0.750. The van der Waals surface area contributed by atoms with Crippen molar-refractivity contribution in [3.8, 4) is 0 Å². The average Bonchev–Trinajstić information content (AvgIpc) is 2.80. The average molecular weight is 296 g/mol. The maximum Gasteiger partial charge on any atom is 0.118 e. The summed E-state index contributed by atoms with van der Waals surface area (Å²) >= 11 is 2.07. The predicted molar refractivity (Wildman–Crippen MR) is 87.1 cm³/mol. The third-order valence-electron chi connectivity index (χ3n) is 3.88. The highest BCUT2D eigenvalue weighted by Crippen LogP contribution is 2.26. The van der Waals surface area contributed by atoms with Crippen LogP contribution in [-0.4, -0.2) is 34.0 Å². The zero-order valence-electron chi connectivity index (χ0n) is 13.4. The third-order valence-corrected chi connectivity index (χ3v) is 5.22. The van der Waals surface area contributed by atoms with Crippen molar-refractivity contribution in [1.82, 2.24) is 10.2 Å². The summed E-state index contributed by atoms with van der Waals surface area (Å²) in [5, 5.41) is 4.17. The van der Waals surface area contributed by atoms with Crippen molar-refractivity contribution < 1.29 is 4.42 Å². The third kappa shape index (κ3) is 4.54. The van der Waals surface area contributed by atoms with Gasteiger partial charge in [0.25, 0.3) is 0 Å². The van der Waals surface area contributed by atoms with Gasteiger partial charge in [-0.2, -0.15) is 11.8 Å². The molecule has 4 heteroatoms. The van der Waals surface area contributed by atoms with Gasteiger partial charge < -0.3 is 9.73 Å². The molecule has 0 saturated carbocycles. The fourth-order valence-electron chi connectivity index (χ4n) is 2.37. The molecule has 0 radical (unpaired) electrons. The molecule has 2 rings (SSSR count). The molecule has 3 nitrogen and oxygen atoms in total. The summed E-state index contributed by atoms with van der Waals surface area (Å²) in [4.78, 5) is 2.53. The molecule has 0 spiro atoms. The van der Waals surface area contributed by atoms with Crippen molar-refractivity contribution in [2.75, 3.05) is 12.3 Å². The lowest BCUT2D eigenvalue weighted by atomic mass is 10.1. The molecule has 0 aromatic carbocycles. The fourth-order valence-corrected chi connectivity index (χ4v) is 3.54. The molecule has 1 aromatic rings. The van der Waals surface area contributed by atoms with Crippen LogP contribution in [0.4, 0.5) is 0 Å². The number of nitrogens with zero attached hydrogens (tertiary/aromatic N) is 1. The maximum atomic E-state index is 5.95. The first kappa shape index (κ1) is 15.9. The van der Waals surface area contributed by atoms with E-state index in [0.29, 0.717) is 11.3 Å². The quantitative estimate of drug-likeness (QED) is 0.920. The molecule has 20 heavy (non-hydrogen) atoms. The second-order valence-electron chi connectivity index (χ2n) is 6.76. The van der Waals surface area contributed by atoms with Gasteiger partial charge in [0.1, 0.15) is 11.5 Å². The van der Waals surface area contributed by atoms with Gasteiger partial charge in [-0.05, 0) is 39.8 Å². The first-order valence-electron chi connectivity index (χ1n) is 7.53. The monoisotopic (exact) mass is 296 g/mol. The summed E-state index contributed by atoms with van der Waals surface area (Å²) in [6.45, 7) is 14.0. The number of rotatable bonds is 4. The second-order valence-corrected chi connectivity index (χ2v) is 8.24. The van der Waals surface area contributed by atoms with Gasteiger partial charge in [0.15, 0.2) is 0 Å². The van der Waals surface area contributed by atoms with Gasteiger partial charge >= 0.3 is 0 Å². The maximum absolute atomic E-state index is 5.95. The van der Waals surface area contributed by atoms with Crippen LogP contribution in [0.5, 0.6) is 0 Å². The van der Waals surface area contributed by atoms with Crippen LogP contribution in [0.2, 0.25) is 0 Å². The lowest BCUT2D eigenvalue weighted by molar-refractivity contribution is 0.187. The van der Waals surface area contributed by atoms with Gasteiger partial charge in [-0.15, -0.1) is 0 Å². The van der Waals surface area contributed by atoms with Gasteiger partial charge in [-0.1, -0.05) is 6.92 Å². The van der Waals surface area contributed by atoms with Crippen LogP contribution in [0.3, 0.4) is 0 Å². The number of hydrogen-bond donors (Lipinski definition) is 1. The van der Waals surface area contributed by atoms with E-state index < -0.39 is 0 Å². The van der Waals surface area contributed by atoms with E-state index in [9.17, 15) is 0 Å². The van der Waals surface area contributed by atoms with Crippen molar-refractivity contribution in [3.63, 3.8) is 0 Å². The van der Waals surface area contributed by atoms with Gasteiger partial charge in [0.2, 0.25) is 0 Å². The van der Waals surface area contributed by atoms with E-state index in [-0.39, 0.29) is 5.54 Å². The molecular weight excluding hydrogens is 268 g/mol. The molecule has 1 aliphatic rings. The number of hydrogen-bond acceptors (Lipinski definition) is 4. The number of furan rings is 1. The van der Waals surface area contributed by atoms with E-state index in [1.165, 1.54) is 5.75 Å². The molecule has 2 unspecified atom stereocenters. The van der Waals surface area contributed by atoms with Crippen molar-refractivity contribution in [1.29, 1.82) is 0 Å². The molecule has 2 atom stereocenters. The highest BCUT2D eigenvalue weighted by molar-refractivity contribution is 8.00. The highest BCUT2D eigenvalue weighted by atomic mass is 32.2. The smallest absolute Gasteiger partial charge is 0.118 e. The zero-order valence-corrected chi connectivity index (χ0v) is 14.2. The van der Waals surface area contributed by atoms with Crippen LogP contribution >= 0.6 is 11.8 Å². The second kappa shape index (κ2) is 6.54. The summed E-state index contributed by atoms with van der Waals surface area (Å²) in [6, 6.07) is 4.84. The van der Waals surface area contributed by atoms with Crippen molar-refractivity contribution >= 4 is 11.8 Å². The van der Waals surface area contributed by atoms with Crippen LogP contribution < -0.4 is 5.32 Å². The van der Waals surface area contributed by atoms with Gasteiger partial charge in [0, 0.05) is 29.1 Å². The largest absolute Gasteiger partial charge is 0.463 e. The molecule has 1 saturated heterocycles. The highest BCUT2D eigenvalue weighted by Gasteiger charge is 2.25. The Balaban J connectivity index is 1.89. The van der Waals surface area contributed by atoms with Crippen molar-refractivity contribution in [2.45, 2.75) is 64.5 Å². The molecule has 1 fully saturated rings. The zero-order chi connectivity index (χ0) is 14.8. The van der Waals surface area contributed by atoms with Crippen molar-refractivity contribution in [2.24, 2.45) is 0 Å². The Hall–Kier alpha value is -0.450. The Labute approximate surface area is 127 Å². The minimum Gasteiger partial charge on any atom is -0.463 e. The van der Waals surface area contributed by atoms with Gasteiger partial charge in [-0.3, -0.25) is 4.90 Å². The lowest BCUT2D eigenvalue weighted by Gasteiger charge is -2.36. The number of nitrogens with one attached hydrogen (secondary N) is 1. The van der Waals surface area contributed by atoms with Crippen LogP contribution in [0.1, 0.15) is 46.1 Å². The Bertz CT molecular complexity index is 424. The Morgan fingerprint density at radius 1 is 1.30 bits per heavy atom. The minimum absolute atomic E-state index is 0.126. The summed E-state index contributed by atoms with van der Waals surface area (Å²) < 4.78 is 5.95.